The van der Waals surface area contributed by atoms with E-state index in [1.165, 1.54) is 6.07 Å². The number of amides is 2. The summed E-state index contributed by atoms with van der Waals surface area (Å²) in [5.74, 6) is -0.748. The number of hydrogen-bond acceptors (Lipinski definition) is 4. The lowest BCUT2D eigenvalue weighted by molar-refractivity contribution is -0.115. The van der Waals surface area contributed by atoms with E-state index < -0.39 is 11.8 Å². The van der Waals surface area contributed by atoms with Crippen LogP contribution in [-0.2, 0) is 4.79 Å². The number of para-hydroxylation sites is 2. The SMILES string of the molecule is N#CCC(=O)Nc1ccccc1NC(=O)c1ccc(Br)o1. The highest BCUT2D eigenvalue weighted by Crippen LogP contribution is 2.23. The lowest BCUT2D eigenvalue weighted by Gasteiger charge is -2.10. The van der Waals surface area contributed by atoms with E-state index in [2.05, 4.69) is 26.6 Å². The number of anilines is 2. The van der Waals surface area contributed by atoms with Gasteiger partial charge in [-0.1, -0.05) is 12.1 Å². The van der Waals surface area contributed by atoms with Crippen molar-refractivity contribution >= 4 is 39.1 Å². The third-order valence-electron chi connectivity index (χ3n) is 2.49. The Bertz CT molecular complexity index is 718. The van der Waals surface area contributed by atoms with Crippen molar-refractivity contribution in [1.29, 1.82) is 5.26 Å². The van der Waals surface area contributed by atoms with Crippen molar-refractivity contribution in [2.45, 2.75) is 6.42 Å². The van der Waals surface area contributed by atoms with Gasteiger partial charge < -0.3 is 15.1 Å². The Balaban J connectivity index is 2.15. The van der Waals surface area contributed by atoms with Gasteiger partial charge in [-0.2, -0.15) is 5.26 Å². The number of halogens is 1. The number of carbonyl (C=O) groups excluding carboxylic acids is 2. The van der Waals surface area contributed by atoms with E-state index in [0.29, 0.717) is 16.0 Å². The van der Waals surface area contributed by atoms with E-state index in [-0.39, 0.29) is 12.2 Å². The summed E-state index contributed by atoms with van der Waals surface area (Å²) in [6.45, 7) is 0. The Kier molecular flexibility index (Phi) is 4.74. The molecule has 2 aromatic rings. The molecule has 0 atom stereocenters. The van der Waals surface area contributed by atoms with Gasteiger partial charge in [0.05, 0.1) is 17.4 Å². The molecule has 106 valence electrons. The van der Waals surface area contributed by atoms with Crippen LogP contribution in [0.15, 0.2) is 45.5 Å². The normalized spacial score (nSPS) is 9.71. The maximum atomic E-state index is 12.0. The first kappa shape index (κ1) is 14.8. The summed E-state index contributed by atoms with van der Waals surface area (Å²) in [7, 11) is 0. The topological polar surface area (TPSA) is 95.1 Å². The van der Waals surface area contributed by atoms with Gasteiger partial charge in [0, 0.05) is 0 Å². The maximum Gasteiger partial charge on any atom is 0.291 e. The number of hydrogen-bond donors (Lipinski definition) is 2. The summed E-state index contributed by atoms with van der Waals surface area (Å²) in [5, 5.41) is 13.7. The molecule has 21 heavy (non-hydrogen) atoms. The van der Waals surface area contributed by atoms with E-state index >= 15 is 0 Å². The summed E-state index contributed by atoms with van der Waals surface area (Å²) in [4.78, 5) is 23.5. The molecule has 1 heterocycles. The van der Waals surface area contributed by atoms with Crippen LogP contribution in [0.5, 0.6) is 0 Å². The molecule has 0 saturated heterocycles. The van der Waals surface area contributed by atoms with Crippen LogP contribution in [0.1, 0.15) is 17.0 Å². The average molecular weight is 348 g/mol. The molecule has 1 aromatic heterocycles. The molecular formula is C14H10BrN3O3. The third kappa shape index (κ3) is 3.94. The zero-order chi connectivity index (χ0) is 15.2. The third-order valence-corrected chi connectivity index (χ3v) is 2.91. The van der Waals surface area contributed by atoms with Gasteiger partial charge in [0.1, 0.15) is 6.42 Å². The van der Waals surface area contributed by atoms with Gasteiger partial charge >= 0.3 is 0 Å². The maximum absolute atomic E-state index is 12.0. The number of nitrogens with zero attached hydrogens (tertiary/aromatic N) is 1. The second-order valence-electron chi connectivity index (χ2n) is 3.99. The second kappa shape index (κ2) is 6.72. The lowest BCUT2D eigenvalue weighted by atomic mass is 10.2. The molecule has 6 nitrogen and oxygen atoms in total. The molecule has 0 radical (unpaired) electrons. The van der Waals surface area contributed by atoms with Crippen molar-refractivity contribution in [2.75, 3.05) is 10.6 Å². The molecule has 2 N–H and O–H groups in total. The highest BCUT2D eigenvalue weighted by Gasteiger charge is 2.13. The van der Waals surface area contributed by atoms with Crippen molar-refractivity contribution < 1.29 is 14.0 Å². The molecule has 0 unspecified atom stereocenters. The van der Waals surface area contributed by atoms with Gasteiger partial charge in [-0.15, -0.1) is 0 Å². The van der Waals surface area contributed by atoms with Crippen LogP contribution in [-0.4, -0.2) is 11.8 Å². The Morgan fingerprint density at radius 3 is 2.38 bits per heavy atom. The number of benzene rings is 1. The first-order valence-electron chi connectivity index (χ1n) is 5.92. The number of nitriles is 1. The van der Waals surface area contributed by atoms with E-state index in [1.807, 2.05) is 0 Å². The molecule has 0 bridgehead atoms. The molecule has 2 rings (SSSR count). The summed E-state index contributed by atoms with van der Waals surface area (Å²) >= 11 is 3.12. The van der Waals surface area contributed by atoms with Gasteiger partial charge in [-0.3, -0.25) is 9.59 Å². The van der Waals surface area contributed by atoms with Gasteiger partial charge in [0.2, 0.25) is 5.91 Å². The molecule has 2 amide bonds. The smallest absolute Gasteiger partial charge is 0.291 e. The molecule has 0 fully saturated rings. The summed E-state index contributed by atoms with van der Waals surface area (Å²) in [6.07, 6.45) is -0.257. The molecule has 0 saturated carbocycles. The highest BCUT2D eigenvalue weighted by molar-refractivity contribution is 9.10. The minimum Gasteiger partial charge on any atom is -0.444 e. The Morgan fingerprint density at radius 1 is 1.14 bits per heavy atom. The second-order valence-corrected chi connectivity index (χ2v) is 4.77. The predicted molar refractivity (Wildman–Crippen MR) is 79.7 cm³/mol. The molecule has 0 aliphatic carbocycles. The van der Waals surface area contributed by atoms with Crippen LogP contribution in [0.2, 0.25) is 0 Å². The minimum atomic E-state index is -0.444. The quantitative estimate of drug-likeness (QED) is 0.887. The fourth-order valence-electron chi connectivity index (χ4n) is 1.59. The van der Waals surface area contributed by atoms with Crippen LogP contribution >= 0.6 is 15.9 Å². The summed E-state index contributed by atoms with van der Waals surface area (Å²) in [5.41, 5.74) is 0.832. The fraction of sp³-hybridized carbons (Fsp3) is 0.0714. The Morgan fingerprint density at radius 2 is 1.81 bits per heavy atom. The van der Waals surface area contributed by atoms with Crippen molar-refractivity contribution in [3.05, 3.63) is 46.8 Å². The molecule has 0 spiro atoms. The summed E-state index contributed by atoms with van der Waals surface area (Å²) in [6, 6.07) is 11.6. The van der Waals surface area contributed by atoms with E-state index in [0.717, 1.165) is 0 Å². The largest absolute Gasteiger partial charge is 0.444 e. The number of nitrogens with one attached hydrogen (secondary N) is 2. The first-order chi connectivity index (χ1) is 10.1. The van der Waals surface area contributed by atoms with Gasteiger partial charge in [0.15, 0.2) is 10.4 Å². The minimum absolute atomic E-state index is 0.139. The van der Waals surface area contributed by atoms with Gasteiger partial charge in [0.25, 0.3) is 5.91 Å². The van der Waals surface area contributed by atoms with Gasteiger partial charge in [-0.25, -0.2) is 0 Å². The van der Waals surface area contributed by atoms with Gasteiger partial charge in [-0.05, 0) is 40.2 Å². The molecule has 0 aliphatic rings. The van der Waals surface area contributed by atoms with E-state index in [4.69, 9.17) is 9.68 Å². The highest BCUT2D eigenvalue weighted by atomic mass is 79.9. The van der Waals surface area contributed by atoms with Crippen LogP contribution in [0.4, 0.5) is 11.4 Å². The van der Waals surface area contributed by atoms with E-state index in [9.17, 15) is 9.59 Å². The lowest BCUT2D eigenvalue weighted by Crippen LogP contribution is -2.15. The van der Waals surface area contributed by atoms with Crippen LogP contribution < -0.4 is 10.6 Å². The van der Waals surface area contributed by atoms with Crippen molar-refractivity contribution in [1.82, 2.24) is 0 Å². The zero-order valence-electron chi connectivity index (χ0n) is 10.7. The number of carbonyl (C=O) groups is 2. The monoisotopic (exact) mass is 347 g/mol. The van der Waals surface area contributed by atoms with Crippen molar-refractivity contribution in [3.8, 4) is 6.07 Å². The number of rotatable bonds is 4. The van der Waals surface area contributed by atoms with Crippen molar-refractivity contribution in [2.24, 2.45) is 0 Å². The molecular weight excluding hydrogens is 338 g/mol. The standard InChI is InChI=1S/C14H10BrN3O3/c15-12-6-5-11(21-12)14(20)18-10-4-2-1-3-9(10)17-13(19)7-8-16/h1-6H,7H2,(H,17,19)(H,18,20). The Labute approximate surface area is 128 Å². The van der Waals surface area contributed by atoms with Crippen LogP contribution in [0, 0.1) is 11.3 Å². The predicted octanol–water partition coefficient (Wildman–Crippen LogP) is 3.15. The first-order valence-corrected chi connectivity index (χ1v) is 6.72. The van der Waals surface area contributed by atoms with E-state index in [1.54, 1.807) is 36.4 Å². The Hall–Kier alpha value is -2.59. The summed E-state index contributed by atoms with van der Waals surface area (Å²) < 4.78 is 5.60. The zero-order valence-corrected chi connectivity index (χ0v) is 12.3. The number of furan rings is 1. The molecule has 1 aromatic carbocycles. The van der Waals surface area contributed by atoms with Crippen molar-refractivity contribution in [3.63, 3.8) is 0 Å². The van der Waals surface area contributed by atoms with Crippen LogP contribution in [0.3, 0.4) is 0 Å². The molecule has 7 heteroatoms. The fourth-order valence-corrected chi connectivity index (χ4v) is 1.89. The average Bonchev–Trinajstić information content (AvgIpc) is 2.88. The van der Waals surface area contributed by atoms with Crippen LogP contribution in [0.25, 0.3) is 0 Å². The molecule has 0 aliphatic heterocycles.